The Morgan fingerprint density at radius 1 is 0.805 bits per heavy atom. The van der Waals surface area contributed by atoms with E-state index in [1.54, 1.807) is 54.6 Å². The number of nitrogens with one attached hydrogen (secondary N) is 1. The van der Waals surface area contributed by atoms with Gasteiger partial charge in [-0.2, -0.15) is 0 Å². The second-order valence-electron chi connectivity index (χ2n) is 8.96. The molecule has 0 saturated carbocycles. The number of amides is 1. The van der Waals surface area contributed by atoms with Crippen LogP contribution in [0.1, 0.15) is 31.8 Å². The van der Waals surface area contributed by atoms with Gasteiger partial charge in [0, 0.05) is 27.2 Å². The van der Waals surface area contributed by atoms with E-state index < -0.39 is 15.9 Å². The molecule has 0 aliphatic rings. The fourth-order valence-corrected chi connectivity index (χ4v) is 5.33. The van der Waals surface area contributed by atoms with Crippen molar-refractivity contribution < 1.29 is 27.5 Å². The third-order valence-corrected chi connectivity index (χ3v) is 7.78. The standard InChI is InChI=1S/C30H26Cl2N2O6S/c1-39-27-16-24(26(17-28(27)40-2)34(41(3,37)38)18-19-9-11-21(31)12-10-19)30(36)33-25-14-13-22(32)15-23(25)29(35)20-7-5-4-6-8-20/h4-17H,18H2,1-3H3,(H,33,36). The van der Waals surface area contributed by atoms with Crippen molar-refractivity contribution in [3.63, 3.8) is 0 Å². The van der Waals surface area contributed by atoms with Crippen molar-refractivity contribution in [1.82, 2.24) is 0 Å². The number of benzene rings is 4. The van der Waals surface area contributed by atoms with E-state index in [0.29, 0.717) is 21.2 Å². The third kappa shape index (κ3) is 7.00. The number of methoxy groups -OCH3 is 2. The first-order valence-electron chi connectivity index (χ1n) is 12.2. The lowest BCUT2D eigenvalue weighted by Gasteiger charge is -2.26. The molecule has 1 amide bonds. The molecule has 1 N–H and O–H groups in total. The Balaban J connectivity index is 1.82. The second kappa shape index (κ2) is 12.6. The van der Waals surface area contributed by atoms with E-state index in [2.05, 4.69) is 5.32 Å². The zero-order valence-corrected chi connectivity index (χ0v) is 24.7. The first kappa shape index (κ1) is 29.9. The Morgan fingerprint density at radius 3 is 2.02 bits per heavy atom. The number of nitrogens with zero attached hydrogens (tertiary/aromatic N) is 1. The molecule has 8 nitrogen and oxygen atoms in total. The first-order chi connectivity index (χ1) is 19.5. The topological polar surface area (TPSA) is 102 Å². The largest absolute Gasteiger partial charge is 0.493 e. The first-order valence-corrected chi connectivity index (χ1v) is 14.8. The normalized spacial score (nSPS) is 11.0. The van der Waals surface area contributed by atoms with Crippen molar-refractivity contribution in [2.75, 3.05) is 30.1 Å². The molecule has 0 heterocycles. The highest BCUT2D eigenvalue weighted by molar-refractivity contribution is 7.92. The predicted octanol–water partition coefficient (Wildman–Crippen LogP) is 6.46. The maximum Gasteiger partial charge on any atom is 0.257 e. The minimum atomic E-state index is -3.91. The van der Waals surface area contributed by atoms with E-state index >= 15 is 0 Å². The molecule has 0 aliphatic carbocycles. The Kier molecular flexibility index (Phi) is 9.22. The summed E-state index contributed by atoms with van der Waals surface area (Å²) in [6.45, 7) is -0.0928. The molecular weight excluding hydrogens is 587 g/mol. The van der Waals surface area contributed by atoms with Crippen LogP contribution in [0.25, 0.3) is 0 Å². The van der Waals surface area contributed by atoms with Crippen LogP contribution in [-0.4, -0.2) is 40.6 Å². The van der Waals surface area contributed by atoms with Gasteiger partial charge in [0.05, 0.1) is 44.0 Å². The average Bonchev–Trinajstić information content (AvgIpc) is 2.96. The minimum absolute atomic E-state index is 0.0323. The number of sulfonamides is 1. The molecular formula is C30H26Cl2N2O6S. The molecule has 0 radical (unpaired) electrons. The van der Waals surface area contributed by atoms with Crippen molar-refractivity contribution in [1.29, 1.82) is 0 Å². The number of carbonyl (C=O) groups is 2. The van der Waals surface area contributed by atoms with Gasteiger partial charge >= 0.3 is 0 Å². The van der Waals surface area contributed by atoms with Gasteiger partial charge < -0.3 is 14.8 Å². The number of anilines is 2. The highest BCUT2D eigenvalue weighted by atomic mass is 35.5. The number of halogens is 2. The van der Waals surface area contributed by atoms with Crippen LogP contribution in [0.3, 0.4) is 0 Å². The molecule has 0 fully saturated rings. The summed E-state index contributed by atoms with van der Waals surface area (Å²) in [6.07, 6.45) is 1.04. The second-order valence-corrected chi connectivity index (χ2v) is 11.7. The lowest BCUT2D eigenvalue weighted by atomic mass is 10.0. The van der Waals surface area contributed by atoms with Gasteiger partial charge in [-0.25, -0.2) is 8.42 Å². The molecule has 0 aromatic heterocycles. The van der Waals surface area contributed by atoms with Gasteiger partial charge in [0.2, 0.25) is 10.0 Å². The molecule has 41 heavy (non-hydrogen) atoms. The Hall–Kier alpha value is -4.05. The highest BCUT2D eigenvalue weighted by Crippen LogP contribution is 2.37. The summed E-state index contributed by atoms with van der Waals surface area (Å²) in [5.41, 5.74) is 1.41. The van der Waals surface area contributed by atoms with E-state index in [4.69, 9.17) is 32.7 Å². The van der Waals surface area contributed by atoms with Gasteiger partial charge in [-0.1, -0.05) is 65.7 Å². The molecule has 0 saturated heterocycles. The number of carbonyl (C=O) groups excluding carboxylic acids is 2. The SMILES string of the molecule is COc1cc(C(=O)Nc2ccc(Cl)cc2C(=O)c2ccccc2)c(N(Cc2ccc(Cl)cc2)S(C)(=O)=O)cc1OC. The minimum Gasteiger partial charge on any atom is -0.493 e. The molecule has 4 rings (SSSR count). The zero-order valence-electron chi connectivity index (χ0n) is 22.4. The van der Waals surface area contributed by atoms with Gasteiger partial charge in [0.25, 0.3) is 5.91 Å². The van der Waals surface area contributed by atoms with Crippen LogP contribution in [-0.2, 0) is 16.6 Å². The molecule has 0 aliphatic heterocycles. The molecule has 0 unspecified atom stereocenters. The van der Waals surface area contributed by atoms with Gasteiger partial charge in [0.1, 0.15) is 0 Å². The van der Waals surface area contributed by atoms with Crippen molar-refractivity contribution in [3.8, 4) is 11.5 Å². The van der Waals surface area contributed by atoms with Crippen molar-refractivity contribution >= 4 is 56.3 Å². The van der Waals surface area contributed by atoms with Crippen LogP contribution in [0.15, 0.2) is 84.9 Å². The third-order valence-electron chi connectivity index (χ3n) is 6.17. The molecule has 212 valence electrons. The fourth-order valence-electron chi connectivity index (χ4n) is 4.14. The average molecular weight is 614 g/mol. The van der Waals surface area contributed by atoms with Crippen LogP contribution >= 0.6 is 23.2 Å². The summed E-state index contributed by atoms with van der Waals surface area (Å²) in [6, 6.07) is 22.5. The van der Waals surface area contributed by atoms with Crippen molar-refractivity contribution in [2.24, 2.45) is 0 Å². The Labute approximate surface area is 248 Å². The van der Waals surface area contributed by atoms with Crippen molar-refractivity contribution in [2.45, 2.75) is 6.54 Å². The number of hydrogen-bond donors (Lipinski definition) is 1. The smallest absolute Gasteiger partial charge is 0.257 e. The van der Waals surface area contributed by atoms with Crippen LogP contribution in [0.4, 0.5) is 11.4 Å². The zero-order chi connectivity index (χ0) is 29.7. The van der Waals surface area contributed by atoms with E-state index in [-0.39, 0.29) is 46.3 Å². The summed E-state index contributed by atoms with van der Waals surface area (Å²) in [4.78, 5) is 27.1. The molecule has 11 heteroatoms. The van der Waals surface area contributed by atoms with Crippen LogP contribution in [0.2, 0.25) is 10.0 Å². The van der Waals surface area contributed by atoms with Crippen LogP contribution in [0, 0.1) is 0 Å². The number of ether oxygens (including phenoxy) is 2. The maximum atomic E-state index is 13.8. The predicted molar refractivity (Wildman–Crippen MR) is 161 cm³/mol. The highest BCUT2D eigenvalue weighted by Gasteiger charge is 2.27. The number of hydrogen-bond acceptors (Lipinski definition) is 6. The van der Waals surface area contributed by atoms with Gasteiger partial charge in [-0.15, -0.1) is 0 Å². The summed E-state index contributed by atoms with van der Waals surface area (Å²) in [5, 5.41) is 3.56. The fraction of sp³-hybridized carbons (Fsp3) is 0.133. The van der Waals surface area contributed by atoms with Crippen LogP contribution in [0.5, 0.6) is 11.5 Å². The van der Waals surface area contributed by atoms with Gasteiger partial charge in [-0.05, 0) is 42.0 Å². The van der Waals surface area contributed by atoms with E-state index in [1.807, 2.05) is 0 Å². The lowest BCUT2D eigenvalue weighted by Crippen LogP contribution is -2.31. The summed E-state index contributed by atoms with van der Waals surface area (Å²) in [7, 11) is -1.11. The maximum absolute atomic E-state index is 13.8. The monoisotopic (exact) mass is 612 g/mol. The number of ketones is 1. The molecule has 0 atom stereocenters. The van der Waals surface area contributed by atoms with Gasteiger partial charge in [0.15, 0.2) is 17.3 Å². The molecule has 4 aromatic carbocycles. The molecule has 0 bridgehead atoms. The Morgan fingerprint density at radius 2 is 1.41 bits per heavy atom. The molecule has 4 aromatic rings. The van der Waals surface area contributed by atoms with E-state index in [9.17, 15) is 18.0 Å². The van der Waals surface area contributed by atoms with Crippen LogP contribution < -0.4 is 19.1 Å². The summed E-state index contributed by atoms with van der Waals surface area (Å²) in [5.74, 6) is -0.611. The lowest BCUT2D eigenvalue weighted by molar-refractivity contribution is 0.102. The van der Waals surface area contributed by atoms with Crippen molar-refractivity contribution in [3.05, 3.63) is 117 Å². The summed E-state index contributed by atoms with van der Waals surface area (Å²) < 4.78 is 38.0. The van der Waals surface area contributed by atoms with E-state index in [1.165, 1.54) is 44.6 Å². The quantitative estimate of drug-likeness (QED) is 0.206. The Bertz CT molecular complexity index is 1690. The van der Waals surface area contributed by atoms with Gasteiger partial charge in [-0.3, -0.25) is 13.9 Å². The number of rotatable bonds is 10. The van der Waals surface area contributed by atoms with E-state index in [0.717, 1.165) is 10.6 Å². The molecule has 0 spiro atoms. The summed E-state index contributed by atoms with van der Waals surface area (Å²) >= 11 is 12.2.